The summed E-state index contributed by atoms with van der Waals surface area (Å²) < 4.78 is 1.63. The predicted octanol–water partition coefficient (Wildman–Crippen LogP) is 4.43. The number of carbonyl (C=O) groups is 2. The van der Waals surface area contributed by atoms with E-state index < -0.39 is 6.04 Å². The van der Waals surface area contributed by atoms with Crippen LogP contribution in [0.15, 0.2) is 90.6 Å². The average Bonchev–Trinajstić information content (AvgIpc) is 3.45. The Labute approximate surface area is 171 Å². The fourth-order valence-corrected chi connectivity index (χ4v) is 3.56. The molecule has 4 rings (SSSR count). The molecule has 2 aromatic carbocycles. The van der Waals surface area contributed by atoms with Gasteiger partial charge in [-0.2, -0.15) is 5.10 Å². The number of nitrogens with zero attached hydrogens (tertiary/aromatic N) is 2. The molecule has 6 nitrogen and oxygen atoms in total. The zero-order valence-electron chi connectivity index (χ0n) is 15.4. The Bertz CT molecular complexity index is 1080. The topological polar surface area (TPSA) is 76.0 Å². The van der Waals surface area contributed by atoms with Crippen LogP contribution in [-0.4, -0.2) is 21.6 Å². The van der Waals surface area contributed by atoms with E-state index in [1.54, 1.807) is 53.5 Å². The molecule has 2 N–H and O–H groups in total. The summed E-state index contributed by atoms with van der Waals surface area (Å²) in [6.45, 7) is 0. The highest BCUT2D eigenvalue weighted by Crippen LogP contribution is 2.21. The molecular formula is C22H18N4O2S. The van der Waals surface area contributed by atoms with Gasteiger partial charge in [-0.25, -0.2) is 0 Å². The van der Waals surface area contributed by atoms with Gasteiger partial charge in [0, 0.05) is 23.8 Å². The zero-order chi connectivity index (χ0) is 20.1. The Morgan fingerprint density at radius 2 is 1.59 bits per heavy atom. The summed E-state index contributed by atoms with van der Waals surface area (Å²) in [6.07, 6.45) is 3.41. The van der Waals surface area contributed by atoms with Crippen molar-refractivity contribution in [1.29, 1.82) is 0 Å². The van der Waals surface area contributed by atoms with Crippen molar-refractivity contribution < 1.29 is 9.59 Å². The van der Waals surface area contributed by atoms with Crippen molar-refractivity contribution in [2.24, 2.45) is 0 Å². The summed E-state index contributed by atoms with van der Waals surface area (Å²) in [4.78, 5) is 25.8. The van der Waals surface area contributed by atoms with Gasteiger partial charge in [0.1, 0.15) is 0 Å². The third-order valence-corrected chi connectivity index (χ3v) is 5.18. The van der Waals surface area contributed by atoms with Crippen LogP contribution >= 0.6 is 11.3 Å². The molecule has 0 saturated heterocycles. The smallest absolute Gasteiger partial charge is 0.265 e. The number of nitrogens with one attached hydrogen (secondary N) is 2. The molecular weight excluding hydrogens is 384 g/mol. The van der Waals surface area contributed by atoms with E-state index in [4.69, 9.17) is 0 Å². The van der Waals surface area contributed by atoms with Crippen LogP contribution < -0.4 is 10.6 Å². The van der Waals surface area contributed by atoms with Crippen LogP contribution in [0, 0.1) is 0 Å². The van der Waals surface area contributed by atoms with Crippen LogP contribution in [-0.2, 0) is 4.79 Å². The fourth-order valence-electron chi connectivity index (χ4n) is 2.94. The van der Waals surface area contributed by atoms with Crippen molar-refractivity contribution >= 4 is 34.5 Å². The molecule has 0 spiro atoms. The van der Waals surface area contributed by atoms with Crippen molar-refractivity contribution in [3.63, 3.8) is 0 Å². The minimum Gasteiger partial charge on any atom is -0.324 e. The molecule has 0 fully saturated rings. The van der Waals surface area contributed by atoms with E-state index >= 15 is 0 Å². The molecule has 0 saturated carbocycles. The first-order valence-electron chi connectivity index (χ1n) is 9.00. The summed E-state index contributed by atoms with van der Waals surface area (Å²) in [5.74, 6) is -0.352. The maximum atomic E-state index is 13.0. The predicted molar refractivity (Wildman–Crippen MR) is 114 cm³/mol. The van der Waals surface area contributed by atoms with E-state index in [-0.39, 0.29) is 11.8 Å². The highest BCUT2D eigenvalue weighted by atomic mass is 32.1. The number of rotatable bonds is 6. The van der Waals surface area contributed by atoms with Gasteiger partial charge >= 0.3 is 0 Å². The molecule has 0 bridgehead atoms. The zero-order valence-corrected chi connectivity index (χ0v) is 16.2. The maximum Gasteiger partial charge on any atom is 0.265 e. The van der Waals surface area contributed by atoms with E-state index in [9.17, 15) is 9.59 Å². The Hall–Kier alpha value is -3.71. The summed E-state index contributed by atoms with van der Waals surface area (Å²) in [6, 6.07) is 21.3. The number of thiophene rings is 1. The van der Waals surface area contributed by atoms with Crippen molar-refractivity contribution in [1.82, 2.24) is 9.78 Å². The van der Waals surface area contributed by atoms with Crippen LogP contribution in [0.3, 0.4) is 0 Å². The Morgan fingerprint density at radius 1 is 0.862 bits per heavy atom. The van der Waals surface area contributed by atoms with Crippen molar-refractivity contribution in [3.8, 4) is 0 Å². The summed E-state index contributed by atoms with van der Waals surface area (Å²) in [5, 5.41) is 11.9. The van der Waals surface area contributed by atoms with E-state index in [0.717, 1.165) is 5.56 Å². The van der Waals surface area contributed by atoms with E-state index in [1.807, 2.05) is 41.8 Å². The average molecular weight is 402 g/mol. The van der Waals surface area contributed by atoms with Crippen molar-refractivity contribution in [3.05, 3.63) is 101 Å². The molecule has 0 radical (unpaired) electrons. The molecule has 2 aromatic heterocycles. The highest BCUT2D eigenvalue weighted by molar-refractivity contribution is 7.12. The standard InChI is InChI=1S/C22H18N4O2S/c27-21(19-8-4-15-29-19)24-17-9-11-18(12-10-17)25-22(28)20(26-14-5-13-23-26)16-6-2-1-3-7-16/h1-15,20H,(H,24,27)(H,25,28). The fraction of sp³-hybridized carbons (Fsp3) is 0.0455. The number of hydrogen-bond donors (Lipinski definition) is 2. The first kappa shape index (κ1) is 18.6. The minimum absolute atomic E-state index is 0.153. The molecule has 1 atom stereocenters. The van der Waals surface area contributed by atoms with Gasteiger partial charge in [-0.1, -0.05) is 36.4 Å². The Balaban J connectivity index is 1.47. The van der Waals surface area contributed by atoms with E-state index in [2.05, 4.69) is 15.7 Å². The lowest BCUT2D eigenvalue weighted by atomic mass is 10.1. The molecule has 2 amide bonds. The van der Waals surface area contributed by atoms with Gasteiger partial charge in [-0.05, 0) is 47.3 Å². The number of hydrogen-bond acceptors (Lipinski definition) is 4. The SMILES string of the molecule is O=C(Nc1ccc(NC(=O)C(c2ccccc2)n2cccn2)cc1)c1cccs1. The monoisotopic (exact) mass is 402 g/mol. The number of amides is 2. The van der Waals surface area contributed by atoms with E-state index in [1.165, 1.54) is 11.3 Å². The largest absolute Gasteiger partial charge is 0.324 e. The van der Waals surface area contributed by atoms with Gasteiger partial charge in [-0.3, -0.25) is 14.3 Å². The summed E-state index contributed by atoms with van der Waals surface area (Å²) in [5.41, 5.74) is 2.14. The molecule has 0 aliphatic carbocycles. The number of carbonyl (C=O) groups excluding carboxylic acids is 2. The lowest BCUT2D eigenvalue weighted by molar-refractivity contribution is -0.118. The molecule has 7 heteroatoms. The van der Waals surface area contributed by atoms with Gasteiger partial charge in [0.25, 0.3) is 11.8 Å². The van der Waals surface area contributed by atoms with Crippen molar-refractivity contribution in [2.45, 2.75) is 6.04 Å². The first-order chi connectivity index (χ1) is 14.2. The molecule has 0 aliphatic heterocycles. The number of benzene rings is 2. The number of aromatic nitrogens is 2. The van der Waals surface area contributed by atoms with Gasteiger partial charge in [0.2, 0.25) is 0 Å². The quantitative estimate of drug-likeness (QED) is 0.501. The van der Waals surface area contributed by atoms with Crippen LogP contribution in [0.25, 0.3) is 0 Å². The second-order valence-electron chi connectivity index (χ2n) is 6.30. The van der Waals surface area contributed by atoms with Crippen LogP contribution in [0.5, 0.6) is 0 Å². The van der Waals surface area contributed by atoms with Gasteiger partial charge in [-0.15, -0.1) is 11.3 Å². The second kappa shape index (κ2) is 8.53. The molecule has 0 aliphatic rings. The van der Waals surface area contributed by atoms with Crippen LogP contribution in [0.1, 0.15) is 21.3 Å². The minimum atomic E-state index is -0.579. The highest BCUT2D eigenvalue weighted by Gasteiger charge is 2.23. The maximum absolute atomic E-state index is 13.0. The summed E-state index contributed by atoms with van der Waals surface area (Å²) >= 11 is 1.38. The normalized spacial score (nSPS) is 11.6. The third kappa shape index (κ3) is 4.41. The second-order valence-corrected chi connectivity index (χ2v) is 7.25. The Morgan fingerprint density at radius 3 is 2.21 bits per heavy atom. The molecule has 29 heavy (non-hydrogen) atoms. The van der Waals surface area contributed by atoms with E-state index in [0.29, 0.717) is 16.3 Å². The molecule has 2 heterocycles. The van der Waals surface area contributed by atoms with Gasteiger partial charge in [0.05, 0.1) is 4.88 Å². The lowest BCUT2D eigenvalue weighted by Gasteiger charge is -2.18. The summed E-state index contributed by atoms with van der Waals surface area (Å²) in [7, 11) is 0. The molecule has 4 aromatic rings. The van der Waals surface area contributed by atoms with Gasteiger partial charge in [0.15, 0.2) is 6.04 Å². The lowest BCUT2D eigenvalue weighted by Crippen LogP contribution is -2.27. The van der Waals surface area contributed by atoms with Gasteiger partial charge < -0.3 is 10.6 Å². The third-order valence-electron chi connectivity index (χ3n) is 4.31. The van der Waals surface area contributed by atoms with Crippen molar-refractivity contribution in [2.75, 3.05) is 10.6 Å². The van der Waals surface area contributed by atoms with Crippen LogP contribution in [0.4, 0.5) is 11.4 Å². The molecule has 1 unspecified atom stereocenters. The Kier molecular flexibility index (Phi) is 5.49. The van der Waals surface area contributed by atoms with Crippen LogP contribution in [0.2, 0.25) is 0 Å². The molecule has 144 valence electrons. The number of anilines is 2. The first-order valence-corrected chi connectivity index (χ1v) is 9.88.